The van der Waals surface area contributed by atoms with E-state index in [1.165, 1.54) is 334 Å². The van der Waals surface area contributed by atoms with E-state index in [4.69, 9.17) is 4.74 Å². The van der Waals surface area contributed by atoms with Crippen LogP contribution in [0.25, 0.3) is 0 Å². The molecule has 6 nitrogen and oxygen atoms in total. The Hall–Kier alpha value is -1.14. The van der Waals surface area contributed by atoms with E-state index >= 15 is 0 Å². The second kappa shape index (κ2) is 65.4. The lowest BCUT2D eigenvalue weighted by Crippen LogP contribution is -2.45. The van der Waals surface area contributed by atoms with Gasteiger partial charge in [-0.25, -0.2) is 0 Å². The Bertz CT molecular complexity index is 1080. The van der Waals surface area contributed by atoms with Crippen molar-refractivity contribution in [2.75, 3.05) is 13.2 Å². The molecule has 0 aliphatic rings. The molecule has 0 spiro atoms. The van der Waals surface area contributed by atoms with Crippen LogP contribution in [0.4, 0.5) is 0 Å². The number of esters is 1. The topological polar surface area (TPSA) is 95.9 Å². The lowest BCUT2D eigenvalue weighted by atomic mass is 10.0. The standard InChI is InChI=1S/C69H137NO5/c1-3-5-7-9-11-13-15-16-17-32-36-39-43-47-51-55-59-63-69(74)75-64-60-56-52-48-44-40-37-34-31-29-27-25-23-21-19-18-20-22-24-26-28-30-33-35-38-42-46-50-54-58-62-68(73)70-66(65-71)67(72)61-57-53-49-45-41-14-12-10-8-6-4-2/h66-67,71-72H,3-65H2,1-2H3,(H,70,73). The number of rotatable bonds is 66. The summed E-state index contributed by atoms with van der Waals surface area (Å²) >= 11 is 0. The number of amides is 1. The third-order valence-electron chi connectivity index (χ3n) is 16.7. The Labute approximate surface area is 470 Å². The summed E-state index contributed by atoms with van der Waals surface area (Å²) < 4.78 is 5.51. The van der Waals surface area contributed by atoms with Gasteiger partial charge in [-0.2, -0.15) is 0 Å². The third-order valence-corrected chi connectivity index (χ3v) is 16.7. The lowest BCUT2D eigenvalue weighted by Gasteiger charge is -2.22. The van der Waals surface area contributed by atoms with Crippen LogP contribution in [0.5, 0.6) is 0 Å². The van der Waals surface area contributed by atoms with Crippen molar-refractivity contribution in [1.29, 1.82) is 0 Å². The molecule has 0 bridgehead atoms. The first kappa shape index (κ1) is 73.9. The summed E-state index contributed by atoms with van der Waals surface area (Å²) in [4.78, 5) is 24.6. The summed E-state index contributed by atoms with van der Waals surface area (Å²) in [5.41, 5.74) is 0. The highest BCUT2D eigenvalue weighted by molar-refractivity contribution is 5.76. The van der Waals surface area contributed by atoms with Crippen LogP contribution in [-0.4, -0.2) is 47.4 Å². The first-order valence-corrected chi connectivity index (χ1v) is 34.8. The van der Waals surface area contributed by atoms with Gasteiger partial charge < -0.3 is 20.3 Å². The van der Waals surface area contributed by atoms with Gasteiger partial charge in [-0.15, -0.1) is 0 Å². The van der Waals surface area contributed by atoms with E-state index < -0.39 is 12.1 Å². The molecule has 0 aromatic rings. The van der Waals surface area contributed by atoms with Crippen LogP contribution < -0.4 is 5.32 Å². The number of hydrogen-bond donors (Lipinski definition) is 3. The molecule has 0 heterocycles. The van der Waals surface area contributed by atoms with Crippen LogP contribution in [0.15, 0.2) is 0 Å². The Kier molecular flexibility index (Phi) is 64.4. The fourth-order valence-electron chi connectivity index (χ4n) is 11.4. The van der Waals surface area contributed by atoms with Crippen LogP contribution in [0.2, 0.25) is 0 Å². The minimum atomic E-state index is -0.659. The number of ether oxygens (including phenoxy) is 1. The monoisotopic (exact) mass is 1060 g/mol. The molecule has 2 unspecified atom stereocenters. The maximum atomic E-state index is 12.5. The molecule has 0 fully saturated rings. The first-order valence-electron chi connectivity index (χ1n) is 34.8. The Morgan fingerprint density at radius 1 is 0.320 bits per heavy atom. The van der Waals surface area contributed by atoms with Crippen LogP contribution in [0, 0.1) is 0 Å². The molecular weight excluding hydrogens is 923 g/mol. The molecule has 1 amide bonds. The Balaban J connectivity index is 3.28. The highest BCUT2D eigenvalue weighted by atomic mass is 16.5. The zero-order valence-corrected chi connectivity index (χ0v) is 51.3. The van der Waals surface area contributed by atoms with Crippen molar-refractivity contribution in [3.05, 3.63) is 0 Å². The largest absolute Gasteiger partial charge is 0.466 e. The smallest absolute Gasteiger partial charge is 0.305 e. The summed E-state index contributed by atoms with van der Waals surface area (Å²) in [6.45, 7) is 4.99. The minimum Gasteiger partial charge on any atom is -0.466 e. The van der Waals surface area contributed by atoms with Crippen molar-refractivity contribution in [3.63, 3.8) is 0 Å². The Morgan fingerprint density at radius 2 is 0.547 bits per heavy atom. The number of nitrogens with one attached hydrogen (secondary N) is 1. The van der Waals surface area contributed by atoms with E-state index in [0.717, 1.165) is 38.5 Å². The average Bonchev–Trinajstić information content (AvgIpc) is 3.41. The lowest BCUT2D eigenvalue weighted by molar-refractivity contribution is -0.143. The molecule has 448 valence electrons. The fraction of sp³-hybridized carbons (Fsp3) is 0.971. The molecule has 0 rings (SSSR count). The zero-order chi connectivity index (χ0) is 54.3. The van der Waals surface area contributed by atoms with E-state index in [1.54, 1.807) is 0 Å². The molecule has 0 saturated heterocycles. The van der Waals surface area contributed by atoms with E-state index in [-0.39, 0.29) is 18.5 Å². The minimum absolute atomic E-state index is 0.0251. The van der Waals surface area contributed by atoms with Crippen molar-refractivity contribution >= 4 is 11.9 Å². The van der Waals surface area contributed by atoms with E-state index in [0.29, 0.717) is 25.9 Å². The van der Waals surface area contributed by atoms with Gasteiger partial charge in [0.1, 0.15) is 0 Å². The normalized spacial score (nSPS) is 12.4. The number of unbranched alkanes of at least 4 members (excludes halogenated alkanes) is 55. The fourth-order valence-corrected chi connectivity index (χ4v) is 11.4. The number of aliphatic hydroxyl groups is 2. The van der Waals surface area contributed by atoms with Crippen LogP contribution >= 0.6 is 0 Å². The second-order valence-corrected chi connectivity index (χ2v) is 24.2. The summed E-state index contributed by atoms with van der Waals surface area (Å²) in [6, 6.07) is -0.536. The van der Waals surface area contributed by atoms with Gasteiger partial charge in [0.05, 0.1) is 25.4 Å². The van der Waals surface area contributed by atoms with Crippen molar-refractivity contribution in [1.82, 2.24) is 5.32 Å². The number of carbonyl (C=O) groups is 2. The third kappa shape index (κ3) is 61.9. The maximum Gasteiger partial charge on any atom is 0.305 e. The van der Waals surface area contributed by atoms with Gasteiger partial charge in [-0.3, -0.25) is 9.59 Å². The van der Waals surface area contributed by atoms with Crippen molar-refractivity contribution in [2.45, 2.75) is 418 Å². The summed E-state index contributed by atoms with van der Waals surface area (Å²) in [5.74, 6) is -0.00433. The van der Waals surface area contributed by atoms with Gasteiger partial charge in [0.15, 0.2) is 0 Å². The number of carbonyl (C=O) groups excluding carboxylic acids is 2. The van der Waals surface area contributed by atoms with Gasteiger partial charge in [0.2, 0.25) is 5.91 Å². The van der Waals surface area contributed by atoms with Crippen molar-refractivity contribution in [3.8, 4) is 0 Å². The molecule has 75 heavy (non-hydrogen) atoms. The van der Waals surface area contributed by atoms with Gasteiger partial charge in [-0.05, 0) is 25.7 Å². The second-order valence-electron chi connectivity index (χ2n) is 24.2. The summed E-state index contributed by atoms with van der Waals surface area (Å²) in [5, 5.41) is 23.2. The van der Waals surface area contributed by atoms with Crippen LogP contribution in [0.1, 0.15) is 406 Å². The van der Waals surface area contributed by atoms with E-state index in [1.807, 2.05) is 0 Å². The molecule has 2 atom stereocenters. The number of hydrogen-bond acceptors (Lipinski definition) is 5. The highest BCUT2D eigenvalue weighted by Gasteiger charge is 2.20. The molecule has 3 N–H and O–H groups in total. The SMILES string of the molecule is CCCCCCCCCCCCCCCCCCCC(=O)OCCCCCCCCCCCCCCCCCCCCCCCCCCCCCCCCC(=O)NC(CO)C(O)CCCCCCCCCCCCC. The maximum absolute atomic E-state index is 12.5. The summed E-state index contributed by atoms with van der Waals surface area (Å²) in [7, 11) is 0. The predicted octanol–water partition coefficient (Wildman–Crippen LogP) is 22.2. The van der Waals surface area contributed by atoms with Crippen molar-refractivity contribution in [2.24, 2.45) is 0 Å². The molecule has 0 aromatic heterocycles. The zero-order valence-electron chi connectivity index (χ0n) is 51.3. The molecule has 0 aromatic carbocycles. The molecule has 0 saturated carbocycles. The van der Waals surface area contributed by atoms with Crippen LogP contribution in [-0.2, 0) is 14.3 Å². The van der Waals surface area contributed by atoms with Gasteiger partial charge >= 0.3 is 5.97 Å². The average molecular weight is 1060 g/mol. The summed E-state index contributed by atoms with van der Waals surface area (Å²) in [6.07, 6.45) is 78.8. The quantitative estimate of drug-likeness (QED) is 0.0417. The predicted molar refractivity (Wildman–Crippen MR) is 329 cm³/mol. The van der Waals surface area contributed by atoms with Crippen molar-refractivity contribution < 1.29 is 24.5 Å². The molecular formula is C69H137NO5. The molecule has 6 heteroatoms. The first-order chi connectivity index (χ1) is 37.0. The van der Waals surface area contributed by atoms with Gasteiger partial charge in [0.25, 0.3) is 0 Å². The highest BCUT2D eigenvalue weighted by Crippen LogP contribution is 2.19. The van der Waals surface area contributed by atoms with Crippen LogP contribution in [0.3, 0.4) is 0 Å². The molecule has 0 aliphatic carbocycles. The molecule has 0 radical (unpaired) electrons. The molecule has 0 aliphatic heterocycles. The van der Waals surface area contributed by atoms with E-state index in [2.05, 4.69) is 19.2 Å². The van der Waals surface area contributed by atoms with Gasteiger partial charge in [0, 0.05) is 12.8 Å². The number of aliphatic hydroxyl groups excluding tert-OH is 2. The Morgan fingerprint density at radius 3 is 0.813 bits per heavy atom. The van der Waals surface area contributed by atoms with E-state index in [9.17, 15) is 19.8 Å². The van der Waals surface area contributed by atoms with Gasteiger partial charge in [-0.1, -0.05) is 367 Å².